The monoisotopic (exact) mass is 406 g/mol. The first-order valence-electron chi connectivity index (χ1n) is 8.45. The summed E-state index contributed by atoms with van der Waals surface area (Å²) in [5.41, 5.74) is 1.59. The van der Waals surface area contributed by atoms with Crippen molar-refractivity contribution < 1.29 is 5.11 Å². The molecule has 0 atom stereocenters. The maximum Gasteiger partial charge on any atom is 0.135 e. The Labute approximate surface area is 165 Å². The number of nitrogens with zero attached hydrogens (tertiary/aromatic N) is 3. The van der Waals surface area contributed by atoms with Crippen LogP contribution in [-0.4, -0.2) is 33.0 Å². The van der Waals surface area contributed by atoms with Gasteiger partial charge in [0.05, 0.1) is 15.8 Å². The van der Waals surface area contributed by atoms with Gasteiger partial charge in [-0.1, -0.05) is 0 Å². The van der Waals surface area contributed by atoms with Crippen LogP contribution in [0.3, 0.4) is 0 Å². The molecule has 0 aliphatic carbocycles. The van der Waals surface area contributed by atoms with Crippen LogP contribution in [0.15, 0.2) is 24.4 Å². The molecule has 0 spiro atoms. The van der Waals surface area contributed by atoms with E-state index in [9.17, 15) is 5.11 Å². The van der Waals surface area contributed by atoms with E-state index >= 15 is 0 Å². The van der Waals surface area contributed by atoms with Crippen LogP contribution in [0.1, 0.15) is 23.6 Å². The van der Waals surface area contributed by atoms with Gasteiger partial charge in [-0.25, -0.2) is 4.98 Å². The first-order valence-corrected chi connectivity index (χ1v) is 10.1. The van der Waals surface area contributed by atoms with Crippen molar-refractivity contribution in [3.05, 3.63) is 29.3 Å². The molecule has 1 aliphatic rings. The summed E-state index contributed by atoms with van der Waals surface area (Å²) in [4.78, 5) is 7.34. The summed E-state index contributed by atoms with van der Waals surface area (Å²) in [6, 6.07) is 6.01. The summed E-state index contributed by atoms with van der Waals surface area (Å²) in [5, 5.41) is 20.1. The Morgan fingerprint density at radius 2 is 2.00 bits per heavy atom. The fourth-order valence-electron chi connectivity index (χ4n) is 3.53. The molecule has 0 bridgehead atoms. The van der Waals surface area contributed by atoms with Crippen LogP contribution in [0.25, 0.3) is 31.0 Å². The summed E-state index contributed by atoms with van der Waals surface area (Å²) >= 11 is 3.47. The molecule has 0 unspecified atom stereocenters. The van der Waals surface area contributed by atoms with Crippen molar-refractivity contribution in [2.45, 2.75) is 18.8 Å². The topological polar surface area (TPSA) is 63.0 Å². The highest BCUT2D eigenvalue weighted by Crippen LogP contribution is 2.42. The van der Waals surface area contributed by atoms with E-state index in [1.807, 2.05) is 19.3 Å². The summed E-state index contributed by atoms with van der Waals surface area (Å²) < 4.78 is 2.99. The van der Waals surface area contributed by atoms with E-state index in [0.29, 0.717) is 5.92 Å². The average molecular weight is 407 g/mol. The standard InChI is InChI=1S/C18H18N4OS2.ClH/c1-22-9-11-6-12(14(23)7-13(11)21-22)17-20-18-16(25-17)8-15(24-18)10-2-4-19-5-3-10;/h6-10,19,23H,2-5H2,1H3;1H. The minimum absolute atomic E-state index is 0. The van der Waals surface area contributed by atoms with Crippen molar-refractivity contribution in [2.24, 2.45) is 7.05 Å². The quantitative estimate of drug-likeness (QED) is 0.514. The van der Waals surface area contributed by atoms with Gasteiger partial charge in [0.25, 0.3) is 0 Å². The molecule has 5 rings (SSSR count). The van der Waals surface area contributed by atoms with Gasteiger partial charge in [0.15, 0.2) is 0 Å². The lowest BCUT2D eigenvalue weighted by atomic mass is 9.97. The van der Waals surface area contributed by atoms with E-state index in [0.717, 1.165) is 39.4 Å². The second-order valence-corrected chi connectivity index (χ2v) is 8.69. The second kappa shape index (κ2) is 6.81. The van der Waals surface area contributed by atoms with Gasteiger partial charge in [-0.3, -0.25) is 4.68 Å². The number of thiophene rings is 1. The van der Waals surface area contributed by atoms with Crippen LogP contribution in [0.5, 0.6) is 5.75 Å². The van der Waals surface area contributed by atoms with Crippen LogP contribution < -0.4 is 5.32 Å². The SMILES string of the molecule is Cl.Cn1cc2cc(-c3nc4sc(C5CCNCC5)cc4s3)c(O)cc2n1. The van der Waals surface area contributed by atoms with Crippen molar-refractivity contribution in [3.63, 3.8) is 0 Å². The molecule has 1 fully saturated rings. The molecule has 4 aromatic rings. The normalized spacial score (nSPS) is 15.6. The lowest BCUT2D eigenvalue weighted by Crippen LogP contribution is -2.26. The third kappa shape index (κ3) is 2.99. The Morgan fingerprint density at radius 1 is 1.19 bits per heavy atom. The maximum atomic E-state index is 10.4. The number of piperidine rings is 1. The fourth-order valence-corrected chi connectivity index (χ4v) is 5.95. The molecule has 0 radical (unpaired) electrons. The highest BCUT2D eigenvalue weighted by Gasteiger charge is 2.20. The first kappa shape index (κ1) is 17.7. The minimum Gasteiger partial charge on any atom is -0.507 e. The summed E-state index contributed by atoms with van der Waals surface area (Å²) in [5.74, 6) is 0.905. The van der Waals surface area contributed by atoms with E-state index < -0.39 is 0 Å². The lowest BCUT2D eigenvalue weighted by molar-refractivity contribution is 0.465. The van der Waals surface area contributed by atoms with E-state index in [-0.39, 0.29) is 18.2 Å². The number of halogens is 1. The molecule has 136 valence electrons. The second-order valence-electron chi connectivity index (χ2n) is 6.59. The Bertz CT molecular complexity index is 1050. The molecular weight excluding hydrogens is 388 g/mol. The number of nitrogens with one attached hydrogen (secondary N) is 1. The number of aromatic hydroxyl groups is 1. The van der Waals surface area contributed by atoms with E-state index in [1.54, 1.807) is 33.4 Å². The van der Waals surface area contributed by atoms with Gasteiger partial charge in [-0.15, -0.1) is 35.1 Å². The summed E-state index contributed by atoms with van der Waals surface area (Å²) in [7, 11) is 1.89. The van der Waals surface area contributed by atoms with Crippen molar-refractivity contribution in [2.75, 3.05) is 13.1 Å². The van der Waals surface area contributed by atoms with Gasteiger partial charge < -0.3 is 10.4 Å². The van der Waals surface area contributed by atoms with E-state index in [4.69, 9.17) is 4.98 Å². The highest BCUT2D eigenvalue weighted by molar-refractivity contribution is 7.28. The average Bonchev–Trinajstić information content (AvgIpc) is 3.26. The van der Waals surface area contributed by atoms with Crippen molar-refractivity contribution in [1.29, 1.82) is 0 Å². The third-order valence-corrected chi connectivity index (χ3v) is 7.17. The van der Waals surface area contributed by atoms with Crippen LogP contribution in [0, 0.1) is 0 Å². The molecule has 0 amide bonds. The first-order chi connectivity index (χ1) is 12.2. The Balaban J connectivity index is 0.00000168. The maximum absolute atomic E-state index is 10.4. The molecular formula is C18H19ClN4OS2. The zero-order valence-corrected chi connectivity index (χ0v) is 16.7. The summed E-state index contributed by atoms with van der Waals surface area (Å²) in [6.07, 6.45) is 4.38. The molecule has 3 aromatic heterocycles. The number of thiazole rings is 1. The van der Waals surface area contributed by atoms with Gasteiger partial charge in [-0.05, 0) is 44.0 Å². The number of phenolic OH excluding ortho intramolecular Hbond substituents is 1. The van der Waals surface area contributed by atoms with Crippen LogP contribution in [-0.2, 0) is 7.05 Å². The molecule has 26 heavy (non-hydrogen) atoms. The minimum atomic E-state index is 0. The molecule has 1 aliphatic heterocycles. The fraction of sp³-hybridized carbons (Fsp3) is 0.333. The number of fused-ring (bicyclic) bond motifs is 2. The molecule has 1 aromatic carbocycles. The van der Waals surface area contributed by atoms with Gasteiger partial charge in [0.1, 0.15) is 15.6 Å². The van der Waals surface area contributed by atoms with E-state index in [2.05, 4.69) is 16.5 Å². The van der Waals surface area contributed by atoms with Crippen LogP contribution in [0.4, 0.5) is 0 Å². The summed E-state index contributed by atoms with van der Waals surface area (Å²) in [6.45, 7) is 2.21. The Kier molecular flexibility index (Phi) is 4.64. The number of aryl methyl sites for hydroxylation is 1. The molecule has 1 saturated heterocycles. The third-order valence-electron chi connectivity index (χ3n) is 4.82. The smallest absolute Gasteiger partial charge is 0.135 e. The Hall–Kier alpha value is -1.67. The molecule has 5 nitrogen and oxygen atoms in total. The Morgan fingerprint density at radius 3 is 2.77 bits per heavy atom. The molecule has 2 N–H and O–H groups in total. The zero-order valence-electron chi connectivity index (χ0n) is 14.2. The highest BCUT2D eigenvalue weighted by atomic mass is 35.5. The number of aromatic nitrogens is 3. The number of hydrogen-bond acceptors (Lipinski definition) is 6. The van der Waals surface area contributed by atoms with Crippen LogP contribution in [0.2, 0.25) is 0 Å². The number of benzene rings is 1. The number of phenols is 1. The van der Waals surface area contributed by atoms with Crippen molar-refractivity contribution >= 4 is 55.5 Å². The van der Waals surface area contributed by atoms with Gasteiger partial charge in [0.2, 0.25) is 0 Å². The van der Waals surface area contributed by atoms with Gasteiger partial charge in [0, 0.05) is 29.6 Å². The predicted molar refractivity (Wildman–Crippen MR) is 111 cm³/mol. The predicted octanol–water partition coefficient (Wildman–Crippen LogP) is 4.51. The molecule has 4 heterocycles. The molecule has 0 saturated carbocycles. The molecule has 8 heteroatoms. The number of rotatable bonds is 2. The van der Waals surface area contributed by atoms with Gasteiger partial charge >= 0.3 is 0 Å². The number of hydrogen-bond donors (Lipinski definition) is 2. The largest absolute Gasteiger partial charge is 0.507 e. The van der Waals surface area contributed by atoms with E-state index in [1.165, 1.54) is 22.4 Å². The zero-order chi connectivity index (χ0) is 17.0. The van der Waals surface area contributed by atoms with Crippen LogP contribution >= 0.6 is 35.1 Å². The van der Waals surface area contributed by atoms with Crippen molar-refractivity contribution in [3.8, 4) is 16.3 Å². The van der Waals surface area contributed by atoms with Gasteiger partial charge in [-0.2, -0.15) is 5.10 Å². The lowest BCUT2D eigenvalue weighted by Gasteiger charge is -2.21. The van der Waals surface area contributed by atoms with Crippen molar-refractivity contribution in [1.82, 2.24) is 20.1 Å².